The van der Waals surface area contributed by atoms with Gasteiger partial charge in [-0.2, -0.15) is 0 Å². The van der Waals surface area contributed by atoms with Crippen LogP contribution in [-0.4, -0.2) is 30.4 Å². The zero-order chi connectivity index (χ0) is 18.8. The third kappa shape index (κ3) is 3.59. The molecule has 4 rings (SSSR count). The van der Waals surface area contributed by atoms with Crippen molar-refractivity contribution in [1.29, 1.82) is 0 Å². The Balaban J connectivity index is 1.65. The summed E-state index contributed by atoms with van der Waals surface area (Å²) in [5.74, 6) is 0.805. The fourth-order valence-electron chi connectivity index (χ4n) is 3.48. The molecule has 0 spiro atoms. The van der Waals surface area contributed by atoms with Crippen LogP contribution in [0.2, 0.25) is 0 Å². The Morgan fingerprint density at radius 2 is 2.00 bits per heavy atom. The maximum Gasteiger partial charge on any atom is 0.289 e. The van der Waals surface area contributed by atoms with E-state index in [0.29, 0.717) is 47.5 Å². The van der Waals surface area contributed by atoms with Crippen molar-refractivity contribution in [3.63, 3.8) is 0 Å². The number of carbonyl (C=O) groups is 1. The lowest BCUT2D eigenvalue weighted by molar-refractivity contribution is 0.0757. The second-order valence-corrected chi connectivity index (χ2v) is 7.78. The summed E-state index contributed by atoms with van der Waals surface area (Å²) in [7, 11) is 0. The largest absolute Gasteiger partial charge is 0.451 e. The van der Waals surface area contributed by atoms with E-state index >= 15 is 0 Å². The van der Waals surface area contributed by atoms with E-state index < -0.39 is 0 Å². The van der Waals surface area contributed by atoms with Gasteiger partial charge in [0.15, 0.2) is 5.76 Å². The summed E-state index contributed by atoms with van der Waals surface area (Å²) in [5.41, 5.74) is 7.25. The molecule has 1 aliphatic rings. The average molecular weight is 384 g/mol. The molecule has 2 heterocycles. The quantitative estimate of drug-likeness (QED) is 0.667. The first-order chi connectivity index (χ1) is 13.2. The highest BCUT2D eigenvalue weighted by Crippen LogP contribution is 2.34. The van der Waals surface area contributed by atoms with Crippen LogP contribution < -0.4 is 5.73 Å². The number of furan rings is 1. The van der Waals surface area contributed by atoms with Crippen molar-refractivity contribution in [3.8, 4) is 0 Å². The van der Waals surface area contributed by atoms with Crippen LogP contribution in [0.15, 0.2) is 57.8 Å². The minimum absolute atomic E-state index is 0.105. The molecule has 1 aliphatic heterocycles. The molecule has 1 aromatic heterocycles. The number of thioether (sulfide) groups is 1. The highest BCUT2D eigenvalue weighted by molar-refractivity contribution is 7.98. The molecule has 2 N–H and O–H groups in total. The lowest BCUT2D eigenvalue weighted by Crippen LogP contribution is -2.30. The van der Waals surface area contributed by atoms with E-state index in [9.17, 15) is 9.18 Å². The van der Waals surface area contributed by atoms with Gasteiger partial charge >= 0.3 is 0 Å². The molecule has 1 atom stereocenters. The van der Waals surface area contributed by atoms with Crippen molar-refractivity contribution in [2.24, 2.45) is 11.7 Å². The van der Waals surface area contributed by atoms with E-state index in [1.807, 2.05) is 35.2 Å². The fraction of sp³-hybridized carbons (Fsp3) is 0.286. The van der Waals surface area contributed by atoms with Crippen LogP contribution in [0.3, 0.4) is 0 Å². The van der Waals surface area contributed by atoms with Crippen molar-refractivity contribution in [3.05, 3.63) is 65.7 Å². The Hall–Kier alpha value is -2.31. The number of para-hydroxylation sites is 1. The summed E-state index contributed by atoms with van der Waals surface area (Å²) in [6.45, 7) is 1.93. The van der Waals surface area contributed by atoms with Gasteiger partial charge in [-0.1, -0.05) is 30.3 Å². The lowest BCUT2D eigenvalue weighted by atomic mass is 10.1. The van der Waals surface area contributed by atoms with Crippen molar-refractivity contribution < 1.29 is 13.6 Å². The molecule has 27 heavy (non-hydrogen) atoms. The fourth-order valence-corrected chi connectivity index (χ4v) is 4.45. The Morgan fingerprint density at radius 3 is 2.78 bits per heavy atom. The first-order valence-corrected chi connectivity index (χ1v) is 10.0. The molecule has 6 heteroatoms. The van der Waals surface area contributed by atoms with Crippen molar-refractivity contribution in [2.45, 2.75) is 17.1 Å². The predicted molar refractivity (Wildman–Crippen MR) is 105 cm³/mol. The number of halogens is 1. The third-order valence-electron chi connectivity index (χ3n) is 5.01. The van der Waals surface area contributed by atoms with Gasteiger partial charge in [-0.05, 0) is 37.1 Å². The van der Waals surface area contributed by atoms with E-state index in [0.717, 1.165) is 17.4 Å². The lowest BCUT2D eigenvalue weighted by Gasteiger charge is -2.15. The monoisotopic (exact) mass is 384 g/mol. The molecule has 1 unspecified atom stereocenters. The normalized spacial score (nSPS) is 17.0. The molecule has 0 bridgehead atoms. The smallest absolute Gasteiger partial charge is 0.289 e. The van der Waals surface area contributed by atoms with Gasteiger partial charge in [0.05, 0.1) is 0 Å². The van der Waals surface area contributed by atoms with E-state index in [2.05, 4.69) is 0 Å². The predicted octanol–water partition coefficient (Wildman–Crippen LogP) is 4.29. The van der Waals surface area contributed by atoms with Gasteiger partial charge in [-0.3, -0.25) is 4.79 Å². The number of hydrogen-bond donors (Lipinski definition) is 1. The summed E-state index contributed by atoms with van der Waals surface area (Å²) < 4.78 is 19.9. The van der Waals surface area contributed by atoms with Gasteiger partial charge < -0.3 is 15.1 Å². The van der Waals surface area contributed by atoms with Gasteiger partial charge in [0.25, 0.3) is 5.91 Å². The van der Waals surface area contributed by atoms with E-state index in [1.165, 1.54) is 17.8 Å². The average Bonchev–Trinajstić information content (AvgIpc) is 3.32. The zero-order valence-electron chi connectivity index (χ0n) is 14.9. The number of nitrogens with two attached hydrogens (primary N) is 1. The summed E-state index contributed by atoms with van der Waals surface area (Å²) >= 11 is 1.37. The van der Waals surface area contributed by atoms with Crippen LogP contribution in [0.5, 0.6) is 0 Å². The second kappa shape index (κ2) is 7.74. The van der Waals surface area contributed by atoms with Crippen LogP contribution in [0.1, 0.15) is 22.5 Å². The Kier molecular flexibility index (Phi) is 5.18. The van der Waals surface area contributed by atoms with E-state index in [4.69, 9.17) is 10.2 Å². The minimum atomic E-state index is -0.256. The molecule has 1 amide bonds. The molecule has 0 aliphatic carbocycles. The SMILES string of the molecule is NCC1CCN(C(=O)c2oc3ccccc3c2CSc2ccccc2F)C1. The van der Waals surface area contributed by atoms with Gasteiger partial charge in [0.2, 0.25) is 0 Å². The number of nitrogens with zero attached hydrogens (tertiary/aromatic N) is 1. The van der Waals surface area contributed by atoms with E-state index in [-0.39, 0.29) is 11.7 Å². The van der Waals surface area contributed by atoms with Crippen LogP contribution in [-0.2, 0) is 5.75 Å². The first-order valence-electron chi connectivity index (χ1n) is 9.04. The Bertz CT molecular complexity index is 972. The summed E-state index contributed by atoms with van der Waals surface area (Å²) in [6, 6.07) is 14.3. The van der Waals surface area contributed by atoms with Crippen LogP contribution in [0.4, 0.5) is 4.39 Å². The van der Waals surface area contributed by atoms with Gasteiger partial charge in [0, 0.05) is 34.7 Å². The van der Waals surface area contributed by atoms with Crippen LogP contribution >= 0.6 is 11.8 Å². The number of carbonyl (C=O) groups excluding carboxylic acids is 1. The van der Waals surface area contributed by atoms with E-state index in [1.54, 1.807) is 12.1 Å². The Morgan fingerprint density at radius 1 is 1.22 bits per heavy atom. The molecule has 3 aromatic rings. The second-order valence-electron chi connectivity index (χ2n) is 6.77. The van der Waals surface area contributed by atoms with Gasteiger partial charge in [-0.15, -0.1) is 11.8 Å². The number of hydrogen-bond acceptors (Lipinski definition) is 4. The molecule has 140 valence electrons. The Labute approximate surface area is 161 Å². The molecule has 1 saturated heterocycles. The molecule has 0 radical (unpaired) electrons. The van der Waals surface area contributed by atoms with Gasteiger partial charge in [-0.25, -0.2) is 4.39 Å². The van der Waals surface area contributed by atoms with Crippen LogP contribution in [0, 0.1) is 11.7 Å². The van der Waals surface area contributed by atoms with Crippen LogP contribution in [0.25, 0.3) is 11.0 Å². The third-order valence-corrected chi connectivity index (χ3v) is 6.08. The molecule has 1 fully saturated rings. The molecule has 2 aromatic carbocycles. The number of likely N-dealkylation sites (tertiary alicyclic amines) is 1. The van der Waals surface area contributed by atoms with Gasteiger partial charge in [0.1, 0.15) is 11.4 Å². The minimum Gasteiger partial charge on any atom is -0.451 e. The summed E-state index contributed by atoms with van der Waals surface area (Å²) in [6.07, 6.45) is 0.918. The molecule has 0 saturated carbocycles. The molecular formula is C21H21FN2O2S. The number of amides is 1. The van der Waals surface area contributed by atoms with Crippen molar-refractivity contribution >= 4 is 28.6 Å². The number of fused-ring (bicyclic) bond motifs is 1. The zero-order valence-corrected chi connectivity index (χ0v) is 15.7. The molecular weight excluding hydrogens is 363 g/mol. The first kappa shape index (κ1) is 18.1. The molecule has 4 nitrogen and oxygen atoms in total. The number of benzene rings is 2. The highest BCUT2D eigenvalue weighted by Gasteiger charge is 2.30. The topological polar surface area (TPSA) is 59.5 Å². The summed E-state index contributed by atoms with van der Waals surface area (Å²) in [4.78, 5) is 15.5. The maximum absolute atomic E-state index is 14.0. The van der Waals surface area contributed by atoms with Crippen molar-refractivity contribution in [2.75, 3.05) is 19.6 Å². The maximum atomic E-state index is 14.0. The summed E-state index contributed by atoms with van der Waals surface area (Å²) in [5, 5.41) is 0.902. The highest BCUT2D eigenvalue weighted by atomic mass is 32.2. The number of rotatable bonds is 5. The van der Waals surface area contributed by atoms with Crippen molar-refractivity contribution in [1.82, 2.24) is 4.90 Å². The standard InChI is InChI=1S/C21H21FN2O2S/c22-17-6-2-4-8-19(17)27-13-16-15-5-1-3-7-18(15)26-20(16)21(25)24-10-9-14(11-23)12-24/h1-8,14H,9-13,23H2.